The van der Waals surface area contributed by atoms with Crippen LogP contribution in [0.2, 0.25) is 0 Å². The Bertz CT molecular complexity index is 1300. The van der Waals surface area contributed by atoms with E-state index in [-0.39, 0.29) is 49.5 Å². The minimum atomic E-state index is -0.499. The lowest BCUT2D eigenvalue weighted by atomic mass is 10.1. The Balaban J connectivity index is 1.31. The molecule has 0 unspecified atom stereocenters. The standard InChI is InChI=1S/C25H25FN6O4/c1-15-21(16(2)32(30-15)20-9-3-17(26)4-10-20)13-23(34)29-19-7-5-18(6-8-19)28-22(33)11-12-31-24(35)14-27-25(31)36/h3-10H,11-14H2,1-2H3,(H,27,36)(H,28,33)(H,29,34). The van der Waals surface area contributed by atoms with Crippen LogP contribution in [0.5, 0.6) is 0 Å². The summed E-state index contributed by atoms with van der Waals surface area (Å²) in [7, 11) is 0. The Hall–Kier alpha value is -4.54. The van der Waals surface area contributed by atoms with Gasteiger partial charge >= 0.3 is 6.03 Å². The fourth-order valence-corrected chi connectivity index (χ4v) is 3.89. The number of anilines is 2. The molecule has 11 heteroatoms. The molecule has 36 heavy (non-hydrogen) atoms. The molecule has 4 rings (SSSR count). The van der Waals surface area contributed by atoms with Crippen LogP contribution in [0, 0.1) is 19.7 Å². The number of urea groups is 1. The van der Waals surface area contributed by atoms with Gasteiger partial charge in [-0.2, -0.15) is 5.10 Å². The van der Waals surface area contributed by atoms with Crippen molar-refractivity contribution >= 4 is 35.1 Å². The lowest BCUT2D eigenvalue weighted by Gasteiger charge is -2.12. The summed E-state index contributed by atoms with van der Waals surface area (Å²) < 4.78 is 14.9. The molecule has 1 fully saturated rings. The summed E-state index contributed by atoms with van der Waals surface area (Å²) >= 11 is 0. The second-order valence-corrected chi connectivity index (χ2v) is 8.34. The molecule has 1 aromatic heterocycles. The van der Waals surface area contributed by atoms with Gasteiger partial charge in [0.25, 0.3) is 0 Å². The molecule has 1 saturated heterocycles. The van der Waals surface area contributed by atoms with Crippen molar-refractivity contribution in [2.24, 2.45) is 0 Å². The van der Waals surface area contributed by atoms with Crippen LogP contribution >= 0.6 is 0 Å². The molecule has 10 nitrogen and oxygen atoms in total. The van der Waals surface area contributed by atoms with Crippen molar-refractivity contribution < 1.29 is 23.6 Å². The van der Waals surface area contributed by atoms with Crippen LogP contribution in [-0.4, -0.2) is 51.5 Å². The smallest absolute Gasteiger partial charge is 0.324 e. The van der Waals surface area contributed by atoms with Crippen LogP contribution in [0.15, 0.2) is 48.5 Å². The van der Waals surface area contributed by atoms with E-state index < -0.39 is 6.03 Å². The van der Waals surface area contributed by atoms with Crippen LogP contribution < -0.4 is 16.0 Å². The summed E-state index contributed by atoms with van der Waals surface area (Å²) in [6.07, 6.45) is 0.0854. The van der Waals surface area contributed by atoms with Gasteiger partial charge in [-0.25, -0.2) is 13.9 Å². The number of nitrogens with zero attached hydrogens (tertiary/aromatic N) is 3. The molecule has 0 spiro atoms. The summed E-state index contributed by atoms with van der Waals surface area (Å²) in [5.41, 5.74) is 4.06. The number of aryl methyl sites for hydroxylation is 1. The van der Waals surface area contributed by atoms with Gasteiger partial charge in [0.1, 0.15) is 5.82 Å². The van der Waals surface area contributed by atoms with Crippen molar-refractivity contribution in [3.05, 3.63) is 71.3 Å². The number of hydrogen-bond donors (Lipinski definition) is 3. The number of benzene rings is 2. The fraction of sp³-hybridized carbons (Fsp3) is 0.240. The first kappa shape index (κ1) is 24.6. The average molecular weight is 493 g/mol. The van der Waals surface area contributed by atoms with Gasteiger partial charge in [-0.1, -0.05) is 0 Å². The highest BCUT2D eigenvalue weighted by Crippen LogP contribution is 2.20. The number of imide groups is 1. The molecule has 0 radical (unpaired) electrons. The zero-order valence-electron chi connectivity index (χ0n) is 19.8. The van der Waals surface area contributed by atoms with Crippen molar-refractivity contribution in [2.75, 3.05) is 23.7 Å². The molecule has 3 aromatic rings. The summed E-state index contributed by atoms with van der Waals surface area (Å²) in [4.78, 5) is 48.9. The lowest BCUT2D eigenvalue weighted by molar-refractivity contribution is -0.125. The predicted molar refractivity (Wildman–Crippen MR) is 130 cm³/mol. The first-order chi connectivity index (χ1) is 17.2. The van der Waals surface area contributed by atoms with E-state index in [1.807, 2.05) is 13.8 Å². The van der Waals surface area contributed by atoms with Gasteiger partial charge in [0.15, 0.2) is 0 Å². The van der Waals surface area contributed by atoms with E-state index in [0.29, 0.717) is 22.8 Å². The van der Waals surface area contributed by atoms with Gasteiger partial charge in [0.05, 0.1) is 24.3 Å². The van der Waals surface area contributed by atoms with E-state index in [2.05, 4.69) is 21.0 Å². The summed E-state index contributed by atoms with van der Waals surface area (Å²) in [6.45, 7) is 3.62. The molecule has 0 atom stereocenters. The van der Waals surface area contributed by atoms with E-state index in [1.54, 1.807) is 41.1 Å². The number of carbonyl (C=O) groups excluding carboxylic acids is 4. The third-order valence-electron chi connectivity index (χ3n) is 5.80. The average Bonchev–Trinajstić information content (AvgIpc) is 3.31. The van der Waals surface area contributed by atoms with Crippen molar-refractivity contribution in [1.82, 2.24) is 20.0 Å². The van der Waals surface area contributed by atoms with Crippen molar-refractivity contribution in [1.29, 1.82) is 0 Å². The van der Waals surface area contributed by atoms with Gasteiger partial charge in [-0.3, -0.25) is 19.3 Å². The van der Waals surface area contributed by atoms with Crippen LogP contribution in [-0.2, 0) is 20.8 Å². The van der Waals surface area contributed by atoms with Crippen LogP contribution in [0.1, 0.15) is 23.4 Å². The van der Waals surface area contributed by atoms with Crippen molar-refractivity contribution in [3.63, 3.8) is 0 Å². The molecular weight excluding hydrogens is 467 g/mol. The maximum atomic E-state index is 13.2. The Labute approximate surface area is 206 Å². The third-order valence-corrected chi connectivity index (χ3v) is 5.80. The Morgan fingerprint density at radius 2 is 1.58 bits per heavy atom. The largest absolute Gasteiger partial charge is 0.329 e. The first-order valence-electron chi connectivity index (χ1n) is 11.3. The van der Waals surface area contributed by atoms with Gasteiger partial charge in [0, 0.05) is 35.6 Å². The number of aromatic nitrogens is 2. The molecule has 186 valence electrons. The molecule has 1 aliphatic heterocycles. The van der Waals surface area contributed by atoms with Crippen LogP contribution in [0.25, 0.3) is 5.69 Å². The SMILES string of the molecule is Cc1nn(-c2ccc(F)cc2)c(C)c1CC(=O)Nc1ccc(NC(=O)CCN2C(=O)CNC2=O)cc1. The quantitative estimate of drug-likeness (QED) is 0.417. The monoisotopic (exact) mass is 492 g/mol. The summed E-state index contributed by atoms with van der Waals surface area (Å²) in [6, 6.07) is 12.1. The number of nitrogens with one attached hydrogen (secondary N) is 3. The van der Waals surface area contributed by atoms with Crippen LogP contribution in [0.4, 0.5) is 20.6 Å². The molecule has 0 aliphatic carbocycles. The molecule has 5 amide bonds. The second-order valence-electron chi connectivity index (χ2n) is 8.34. The number of halogens is 1. The number of carbonyl (C=O) groups is 4. The van der Waals surface area contributed by atoms with E-state index in [1.165, 1.54) is 12.1 Å². The minimum Gasteiger partial charge on any atom is -0.329 e. The number of rotatable bonds is 8. The Morgan fingerprint density at radius 1 is 0.972 bits per heavy atom. The molecular formula is C25H25FN6O4. The molecule has 2 heterocycles. The number of hydrogen-bond acceptors (Lipinski definition) is 5. The third kappa shape index (κ3) is 5.57. The van der Waals surface area contributed by atoms with Gasteiger partial charge in [-0.15, -0.1) is 0 Å². The number of amides is 5. The molecule has 1 aliphatic rings. The molecule has 2 aromatic carbocycles. The lowest BCUT2D eigenvalue weighted by Crippen LogP contribution is -2.33. The predicted octanol–water partition coefficient (Wildman–Crippen LogP) is 2.69. The second kappa shape index (κ2) is 10.4. The van der Waals surface area contributed by atoms with E-state index >= 15 is 0 Å². The van der Waals surface area contributed by atoms with E-state index in [0.717, 1.165) is 16.2 Å². The van der Waals surface area contributed by atoms with Crippen molar-refractivity contribution in [2.45, 2.75) is 26.7 Å². The topological polar surface area (TPSA) is 125 Å². The van der Waals surface area contributed by atoms with Gasteiger partial charge in [-0.05, 0) is 62.4 Å². The van der Waals surface area contributed by atoms with Crippen LogP contribution in [0.3, 0.4) is 0 Å². The van der Waals surface area contributed by atoms with Gasteiger partial charge in [0.2, 0.25) is 17.7 Å². The fourth-order valence-electron chi connectivity index (χ4n) is 3.89. The molecule has 0 bridgehead atoms. The normalized spacial score (nSPS) is 13.0. The highest BCUT2D eigenvalue weighted by molar-refractivity contribution is 6.02. The maximum absolute atomic E-state index is 13.2. The minimum absolute atomic E-state index is 0.00121. The zero-order valence-corrected chi connectivity index (χ0v) is 19.8. The summed E-state index contributed by atoms with van der Waals surface area (Å²) in [5, 5.41) is 12.4. The van der Waals surface area contributed by atoms with Crippen molar-refractivity contribution in [3.8, 4) is 5.69 Å². The van der Waals surface area contributed by atoms with E-state index in [9.17, 15) is 23.6 Å². The first-order valence-corrected chi connectivity index (χ1v) is 11.3. The Morgan fingerprint density at radius 3 is 2.17 bits per heavy atom. The Kier molecular flexibility index (Phi) is 7.09. The molecule has 0 saturated carbocycles. The maximum Gasteiger partial charge on any atom is 0.324 e. The highest BCUT2D eigenvalue weighted by Gasteiger charge is 2.28. The van der Waals surface area contributed by atoms with E-state index in [4.69, 9.17) is 0 Å². The summed E-state index contributed by atoms with van der Waals surface area (Å²) in [5.74, 6) is -1.27. The van der Waals surface area contributed by atoms with Gasteiger partial charge < -0.3 is 16.0 Å². The highest BCUT2D eigenvalue weighted by atomic mass is 19.1. The zero-order chi connectivity index (χ0) is 25.8. The molecule has 3 N–H and O–H groups in total.